The van der Waals surface area contributed by atoms with Crippen molar-refractivity contribution < 1.29 is 14.0 Å². The highest BCUT2D eigenvalue weighted by atomic mass is 19.1. The van der Waals surface area contributed by atoms with E-state index in [9.17, 15) is 14.0 Å². The second-order valence-corrected chi connectivity index (χ2v) is 9.00. The van der Waals surface area contributed by atoms with E-state index in [1.165, 1.54) is 17.7 Å². The first-order chi connectivity index (χ1) is 17.1. The van der Waals surface area contributed by atoms with Gasteiger partial charge in [-0.2, -0.15) is 0 Å². The first-order valence-electron chi connectivity index (χ1n) is 12.1. The van der Waals surface area contributed by atoms with E-state index in [-0.39, 0.29) is 17.8 Å². The standard InChI is InChI=1S/C28H29FN4O2/c29-23-10-14-25(15-11-23)31-17-19-32(20-18-31)27(34)22-8-12-24(13-9-22)30-28(35)33-16-4-3-6-21-5-1-2-7-26(21)33/h1-2,5,7-15H,3-4,6,16-20H2,(H,30,35). The van der Waals surface area contributed by atoms with Crippen LogP contribution < -0.4 is 15.1 Å². The van der Waals surface area contributed by atoms with Gasteiger partial charge in [0.15, 0.2) is 0 Å². The smallest absolute Gasteiger partial charge is 0.326 e. The molecule has 35 heavy (non-hydrogen) atoms. The number of aryl methyl sites for hydroxylation is 1. The Kier molecular flexibility index (Phi) is 6.66. The van der Waals surface area contributed by atoms with E-state index in [0.717, 1.165) is 30.6 Å². The molecule has 5 rings (SSSR count). The molecule has 3 aromatic rings. The summed E-state index contributed by atoms with van der Waals surface area (Å²) in [7, 11) is 0. The molecule has 0 unspecified atom stereocenters. The predicted octanol–water partition coefficient (Wildman–Crippen LogP) is 5.16. The summed E-state index contributed by atoms with van der Waals surface area (Å²) >= 11 is 0. The second kappa shape index (κ2) is 10.2. The number of carbonyl (C=O) groups excluding carboxylic acids is 2. The maximum Gasteiger partial charge on any atom is 0.326 e. The van der Waals surface area contributed by atoms with Crippen molar-refractivity contribution in [1.82, 2.24) is 4.90 Å². The van der Waals surface area contributed by atoms with E-state index in [1.807, 2.05) is 28.0 Å². The molecule has 3 aromatic carbocycles. The van der Waals surface area contributed by atoms with Crippen LogP contribution in [0.25, 0.3) is 0 Å². The second-order valence-electron chi connectivity index (χ2n) is 9.00. The van der Waals surface area contributed by atoms with Gasteiger partial charge in [-0.15, -0.1) is 0 Å². The Bertz CT molecular complexity index is 1190. The summed E-state index contributed by atoms with van der Waals surface area (Å²) in [5.41, 5.74) is 4.38. The monoisotopic (exact) mass is 472 g/mol. The lowest BCUT2D eigenvalue weighted by molar-refractivity contribution is 0.0747. The van der Waals surface area contributed by atoms with Crippen LogP contribution >= 0.6 is 0 Å². The highest BCUT2D eigenvalue weighted by Crippen LogP contribution is 2.27. The number of benzene rings is 3. The van der Waals surface area contributed by atoms with Crippen molar-refractivity contribution in [3.05, 3.63) is 89.7 Å². The minimum atomic E-state index is -0.251. The third-order valence-electron chi connectivity index (χ3n) is 6.75. The van der Waals surface area contributed by atoms with E-state index in [1.54, 1.807) is 36.4 Å². The van der Waals surface area contributed by atoms with Gasteiger partial charge in [-0.25, -0.2) is 9.18 Å². The van der Waals surface area contributed by atoms with Gasteiger partial charge in [-0.3, -0.25) is 9.69 Å². The number of piperazine rings is 1. The highest BCUT2D eigenvalue weighted by molar-refractivity contribution is 6.02. The molecule has 0 bridgehead atoms. The molecule has 0 radical (unpaired) electrons. The van der Waals surface area contributed by atoms with Gasteiger partial charge in [0.2, 0.25) is 0 Å². The topological polar surface area (TPSA) is 55.9 Å². The molecule has 1 fully saturated rings. The van der Waals surface area contributed by atoms with Gasteiger partial charge < -0.3 is 15.1 Å². The first-order valence-corrected chi connectivity index (χ1v) is 12.1. The molecule has 1 N–H and O–H groups in total. The first kappa shape index (κ1) is 22.9. The van der Waals surface area contributed by atoms with Crippen LogP contribution in [-0.4, -0.2) is 49.6 Å². The lowest BCUT2D eigenvalue weighted by Crippen LogP contribution is -2.48. The van der Waals surface area contributed by atoms with Crippen LogP contribution in [-0.2, 0) is 6.42 Å². The lowest BCUT2D eigenvalue weighted by atomic mass is 10.1. The number of rotatable bonds is 3. The van der Waals surface area contributed by atoms with Crippen molar-refractivity contribution in [2.45, 2.75) is 19.3 Å². The number of fused-ring (bicyclic) bond motifs is 1. The van der Waals surface area contributed by atoms with Crippen LogP contribution in [0.3, 0.4) is 0 Å². The molecule has 0 aromatic heterocycles. The largest absolute Gasteiger partial charge is 0.368 e. The van der Waals surface area contributed by atoms with E-state index in [2.05, 4.69) is 16.3 Å². The molecule has 0 aliphatic carbocycles. The summed E-state index contributed by atoms with van der Waals surface area (Å²) in [6, 6.07) is 21.4. The average Bonchev–Trinajstić information content (AvgIpc) is 3.12. The molecule has 1 saturated heterocycles. The Hall–Kier alpha value is -3.87. The van der Waals surface area contributed by atoms with Crippen molar-refractivity contribution in [3.63, 3.8) is 0 Å². The van der Waals surface area contributed by atoms with E-state index < -0.39 is 0 Å². The normalized spacial score (nSPS) is 15.9. The maximum absolute atomic E-state index is 13.2. The fourth-order valence-electron chi connectivity index (χ4n) is 4.79. The molecule has 0 saturated carbocycles. The molecule has 0 spiro atoms. The summed E-state index contributed by atoms with van der Waals surface area (Å²) in [4.78, 5) is 31.8. The highest BCUT2D eigenvalue weighted by Gasteiger charge is 2.23. The Morgan fingerprint density at radius 2 is 1.49 bits per heavy atom. The van der Waals surface area contributed by atoms with Crippen LogP contribution in [0, 0.1) is 5.82 Å². The lowest BCUT2D eigenvalue weighted by Gasteiger charge is -2.36. The molecule has 2 aliphatic rings. The number of hydrogen-bond acceptors (Lipinski definition) is 3. The predicted molar refractivity (Wildman–Crippen MR) is 137 cm³/mol. The fourth-order valence-corrected chi connectivity index (χ4v) is 4.79. The van der Waals surface area contributed by atoms with Gasteiger partial charge in [0, 0.05) is 55.3 Å². The number of para-hydroxylation sites is 1. The van der Waals surface area contributed by atoms with Gasteiger partial charge in [-0.1, -0.05) is 18.2 Å². The molecular formula is C28H29FN4O2. The number of nitrogens with zero attached hydrogens (tertiary/aromatic N) is 3. The molecule has 3 amide bonds. The van der Waals surface area contributed by atoms with Gasteiger partial charge in [-0.05, 0) is 79.4 Å². The van der Waals surface area contributed by atoms with Crippen LogP contribution in [0.5, 0.6) is 0 Å². The van der Waals surface area contributed by atoms with Crippen LogP contribution in [0.4, 0.5) is 26.2 Å². The van der Waals surface area contributed by atoms with Crippen molar-refractivity contribution in [3.8, 4) is 0 Å². The fraction of sp³-hybridized carbons (Fsp3) is 0.286. The van der Waals surface area contributed by atoms with Crippen LogP contribution in [0.1, 0.15) is 28.8 Å². The number of carbonyl (C=O) groups is 2. The number of amides is 3. The SMILES string of the molecule is O=C(c1ccc(NC(=O)N2CCCCc3ccccc32)cc1)N1CCN(c2ccc(F)cc2)CC1. The number of urea groups is 1. The van der Waals surface area contributed by atoms with Crippen molar-refractivity contribution in [1.29, 1.82) is 0 Å². The zero-order valence-electron chi connectivity index (χ0n) is 19.6. The van der Waals surface area contributed by atoms with Gasteiger partial charge in [0.25, 0.3) is 5.91 Å². The molecule has 180 valence electrons. The summed E-state index contributed by atoms with van der Waals surface area (Å²) in [5.74, 6) is -0.276. The average molecular weight is 473 g/mol. The number of hydrogen-bond donors (Lipinski definition) is 1. The number of anilines is 3. The van der Waals surface area contributed by atoms with Crippen molar-refractivity contribution in [2.24, 2.45) is 0 Å². The Balaban J connectivity index is 1.19. The van der Waals surface area contributed by atoms with Crippen molar-refractivity contribution >= 4 is 29.0 Å². The summed E-state index contributed by atoms with van der Waals surface area (Å²) in [6.45, 7) is 3.28. The van der Waals surface area contributed by atoms with Crippen molar-refractivity contribution in [2.75, 3.05) is 47.8 Å². The quantitative estimate of drug-likeness (QED) is 0.573. The number of halogens is 1. The molecule has 2 heterocycles. The van der Waals surface area contributed by atoms with E-state index >= 15 is 0 Å². The van der Waals surface area contributed by atoms with E-state index in [4.69, 9.17) is 0 Å². The summed E-state index contributed by atoms with van der Waals surface area (Å²) in [5, 5.41) is 2.98. The third kappa shape index (κ3) is 5.14. The minimum absolute atomic E-state index is 0.0249. The van der Waals surface area contributed by atoms with Gasteiger partial charge >= 0.3 is 6.03 Å². The number of nitrogens with one attached hydrogen (secondary N) is 1. The van der Waals surface area contributed by atoms with E-state index in [0.29, 0.717) is 44.0 Å². The van der Waals surface area contributed by atoms with Crippen LogP contribution in [0.15, 0.2) is 72.8 Å². The molecule has 7 heteroatoms. The molecule has 6 nitrogen and oxygen atoms in total. The molecular weight excluding hydrogens is 443 g/mol. The Morgan fingerprint density at radius 3 is 2.23 bits per heavy atom. The zero-order chi connectivity index (χ0) is 24.2. The maximum atomic E-state index is 13.2. The third-order valence-corrected chi connectivity index (χ3v) is 6.75. The molecule has 2 aliphatic heterocycles. The Morgan fingerprint density at radius 1 is 0.771 bits per heavy atom. The minimum Gasteiger partial charge on any atom is -0.368 e. The van der Waals surface area contributed by atoms with Gasteiger partial charge in [0.05, 0.1) is 0 Å². The zero-order valence-corrected chi connectivity index (χ0v) is 19.6. The summed E-state index contributed by atoms with van der Waals surface area (Å²) in [6.07, 6.45) is 3.01. The summed E-state index contributed by atoms with van der Waals surface area (Å²) < 4.78 is 13.2. The van der Waals surface area contributed by atoms with Crippen LogP contribution in [0.2, 0.25) is 0 Å². The molecule has 0 atom stereocenters. The Labute approximate surface area is 205 Å². The van der Waals surface area contributed by atoms with Gasteiger partial charge in [0.1, 0.15) is 5.82 Å².